The van der Waals surface area contributed by atoms with Gasteiger partial charge in [0.05, 0.1) is 5.52 Å². The molecule has 2 aromatic carbocycles. The van der Waals surface area contributed by atoms with Crippen LogP contribution in [0.1, 0.15) is 5.56 Å². The quantitative estimate of drug-likeness (QED) is 0.739. The maximum Gasteiger partial charge on any atom is 0.129 e. The van der Waals surface area contributed by atoms with Crippen molar-refractivity contribution in [1.29, 1.82) is 0 Å². The van der Waals surface area contributed by atoms with Crippen LogP contribution in [0, 0.1) is 5.82 Å². The van der Waals surface area contributed by atoms with Crippen molar-refractivity contribution in [2.45, 2.75) is 6.61 Å². The number of hydrogen-bond acceptors (Lipinski definition) is 3. The molecule has 0 aliphatic carbocycles. The van der Waals surface area contributed by atoms with Gasteiger partial charge in [-0.1, -0.05) is 6.07 Å². The van der Waals surface area contributed by atoms with Crippen LogP contribution in [0.4, 0.5) is 10.1 Å². The first-order chi connectivity index (χ1) is 9.72. The Morgan fingerprint density at radius 2 is 2.00 bits per heavy atom. The number of nitrogen functional groups attached to an aromatic ring is 1. The molecule has 0 radical (unpaired) electrons. The summed E-state index contributed by atoms with van der Waals surface area (Å²) in [6.45, 7) is 0.260. The van der Waals surface area contributed by atoms with Gasteiger partial charge in [0.2, 0.25) is 0 Å². The molecule has 1 heterocycles. The Balaban J connectivity index is 1.87. The summed E-state index contributed by atoms with van der Waals surface area (Å²) in [4.78, 5) is 4.27. The fraction of sp³-hybridized carbons (Fsp3) is 0.0625. The third-order valence-corrected chi connectivity index (χ3v) is 2.98. The molecule has 0 atom stereocenters. The highest BCUT2D eigenvalue weighted by Gasteiger charge is 2.04. The SMILES string of the molecule is Nc1cc(F)cc(COc2cccc3ncccc23)c1. The van der Waals surface area contributed by atoms with Crippen molar-refractivity contribution in [1.82, 2.24) is 4.98 Å². The zero-order chi connectivity index (χ0) is 13.9. The van der Waals surface area contributed by atoms with Crippen molar-refractivity contribution in [3.05, 3.63) is 66.1 Å². The molecule has 0 fully saturated rings. The average Bonchev–Trinajstić information content (AvgIpc) is 2.44. The Kier molecular flexibility index (Phi) is 3.21. The topological polar surface area (TPSA) is 48.1 Å². The monoisotopic (exact) mass is 268 g/mol. The van der Waals surface area contributed by atoms with Gasteiger partial charge >= 0.3 is 0 Å². The third-order valence-electron chi connectivity index (χ3n) is 2.98. The molecule has 0 aliphatic heterocycles. The highest BCUT2D eigenvalue weighted by atomic mass is 19.1. The summed E-state index contributed by atoms with van der Waals surface area (Å²) in [6, 6.07) is 13.9. The summed E-state index contributed by atoms with van der Waals surface area (Å²) in [5.74, 6) is 0.363. The molecule has 4 heteroatoms. The third kappa shape index (κ3) is 2.54. The normalized spacial score (nSPS) is 10.7. The molecular weight excluding hydrogens is 255 g/mol. The molecule has 2 N–H and O–H groups in total. The number of nitrogens with zero attached hydrogens (tertiary/aromatic N) is 1. The predicted molar refractivity (Wildman–Crippen MR) is 76.9 cm³/mol. The first-order valence-electron chi connectivity index (χ1n) is 6.24. The summed E-state index contributed by atoms with van der Waals surface area (Å²) >= 11 is 0. The summed E-state index contributed by atoms with van der Waals surface area (Å²) in [6.07, 6.45) is 1.74. The van der Waals surface area contributed by atoms with Crippen molar-refractivity contribution < 1.29 is 9.13 Å². The van der Waals surface area contributed by atoms with Gasteiger partial charge in [-0.2, -0.15) is 0 Å². The first kappa shape index (κ1) is 12.4. The fourth-order valence-corrected chi connectivity index (χ4v) is 2.12. The van der Waals surface area contributed by atoms with Gasteiger partial charge in [0, 0.05) is 17.3 Å². The number of pyridine rings is 1. The molecule has 0 saturated carbocycles. The number of aromatic nitrogens is 1. The summed E-state index contributed by atoms with van der Waals surface area (Å²) in [5, 5.41) is 0.930. The standard InChI is InChI=1S/C16H13FN2O/c17-12-7-11(8-13(18)9-12)10-20-16-5-1-4-15-14(16)3-2-6-19-15/h1-9H,10,18H2. The van der Waals surface area contributed by atoms with E-state index in [-0.39, 0.29) is 12.4 Å². The Hall–Kier alpha value is -2.62. The molecule has 0 unspecified atom stereocenters. The predicted octanol–water partition coefficient (Wildman–Crippen LogP) is 3.54. The highest BCUT2D eigenvalue weighted by molar-refractivity contribution is 5.84. The second-order valence-corrected chi connectivity index (χ2v) is 4.51. The van der Waals surface area contributed by atoms with Gasteiger partial charge in [0.25, 0.3) is 0 Å². The molecule has 0 aliphatic rings. The van der Waals surface area contributed by atoms with E-state index in [0.717, 1.165) is 16.7 Å². The van der Waals surface area contributed by atoms with Gasteiger partial charge in [-0.3, -0.25) is 4.98 Å². The van der Waals surface area contributed by atoms with E-state index >= 15 is 0 Å². The number of nitrogens with two attached hydrogens (primary N) is 1. The van der Waals surface area contributed by atoms with E-state index in [1.165, 1.54) is 12.1 Å². The lowest BCUT2D eigenvalue weighted by molar-refractivity contribution is 0.309. The molecule has 0 saturated heterocycles. The first-order valence-corrected chi connectivity index (χ1v) is 6.24. The van der Waals surface area contributed by atoms with Crippen LogP contribution in [0.25, 0.3) is 10.9 Å². The number of rotatable bonds is 3. The zero-order valence-electron chi connectivity index (χ0n) is 10.7. The van der Waals surface area contributed by atoms with Crippen LogP contribution >= 0.6 is 0 Å². The van der Waals surface area contributed by atoms with E-state index < -0.39 is 0 Å². The minimum atomic E-state index is -0.358. The van der Waals surface area contributed by atoms with Gasteiger partial charge in [0.1, 0.15) is 18.2 Å². The van der Waals surface area contributed by atoms with Crippen molar-refractivity contribution in [3.8, 4) is 5.75 Å². The Bertz CT molecular complexity index is 733. The van der Waals surface area contributed by atoms with E-state index in [9.17, 15) is 4.39 Å². The van der Waals surface area contributed by atoms with E-state index in [0.29, 0.717) is 11.3 Å². The molecule has 0 spiro atoms. The fourth-order valence-electron chi connectivity index (χ4n) is 2.12. The van der Waals surface area contributed by atoms with Crippen molar-refractivity contribution >= 4 is 16.6 Å². The maximum atomic E-state index is 13.3. The molecule has 20 heavy (non-hydrogen) atoms. The number of anilines is 1. The lowest BCUT2D eigenvalue weighted by atomic mass is 10.2. The molecule has 3 rings (SSSR count). The summed E-state index contributed by atoms with van der Waals surface area (Å²) in [5.41, 5.74) is 7.57. The smallest absolute Gasteiger partial charge is 0.129 e. The summed E-state index contributed by atoms with van der Waals surface area (Å²) < 4.78 is 19.0. The lowest BCUT2D eigenvalue weighted by Crippen LogP contribution is -1.98. The molecule has 0 bridgehead atoms. The molecule has 0 amide bonds. The van der Waals surface area contributed by atoms with Crippen LogP contribution in [0.15, 0.2) is 54.7 Å². The molecule has 1 aromatic heterocycles. The minimum absolute atomic E-state index is 0.260. The lowest BCUT2D eigenvalue weighted by Gasteiger charge is -2.09. The number of benzene rings is 2. The van der Waals surface area contributed by atoms with Crippen LogP contribution < -0.4 is 10.5 Å². The van der Waals surface area contributed by atoms with E-state index in [4.69, 9.17) is 10.5 Å². The zero-order valence-corrected chi connectivity index (χ0v) is 10.7. The Labute approximate surface area is 115 Å². The van der Waals surface area contributed by atoms with Crippen LogP contribution in [-0.2, 0) is 6.61 Å². The summed E-state index contributed by atoms with van der Waals surface area (Å²) in [7, 11) is 0. The maximum absolute atomic E-state index is 13.3. The van der Waals surface area contributed by atoms with Gasteiger partial charge in [-0.15, -0.1) is 0 Å². The number of hydrogen-bond donors (Lipinski definition) is 1. The average molecular weight is 268 g/mol. The second kappa shape index (κ2) is 5.17. The van der Waals surface area contributed by atoms with Gasteiger partial charge in [0.15, 0.2) is 0 Å². The minimum Gasteiger partial charge on any atom is -0.488 e. The van der Waals surface area contributed by atoms with Crippen LogP contribution in [0.2, 0.25) is 0 Å². The van der Waals surface area contributed by atoms with Gasteiger partial charge in [-0.25, -0.2) is 4.39 Å². The van der Waals surface area contributed by atoms with Crippen LogP contribution in [0.3, 0.4) is 0 Å². The molecule has 100 valence electrons. The Morgan fingerprint density at radius 1 is 1.10 bits per heavy atom. The van der Waals surface area contributed by atoms with E-state index in [1.807, 2.05) is 30.3 Å². The number of ether oxygens (including phenoxy) is 1. The van der Waals surface area contributed by atoms with E-state index in [2.05, 4.69) is 4.98 Å². The Morgan fingerprint density at radius 3 is 2.85 bits per heavy atom. The van der Waals surface area contributed by atoms with Gasteiger partial charge in [-0.05, 0) is 48.0 Å². The number of fused-ring (bicyclic) bond motifs is 1. The number of halogens is 1. The molecule has 3 nitrogen and oxygen atoms in total. The van der Waals surface area contributed by atoms with Crippen LogP contribution in [-0.4, -0.2) is 4.98 Å². The highest BCUT2D eigenvalue weighted by Crippen LogP contribution is 2.24. The van der Waals surface area contributed by atoms with Gasteiger partial charge < -0.3 is 10.5 Å². The molecule has 3 aromatic rings. The van der Waals surface area contributed by atoms with Crippen molar-refractivity contribution in [2.24, 2.45) is 0 Å². The van der Waals surface area contributed by atoms with Crippen molar-refractivity contribution in [3.63, 3.8) is 0 Å². The van der Waals surface area contributed by atoms with Crippen LogP contribution in [0.5, 0.6) is 5.75 Å². The largest absolute Gasteiger partial charge is 0.488 e. The van der Waals surface area contributed by atoms with E-state index in [1.54, 1.807) is 12.3 Å². The molecular formula is C16H13FN2O. The van der Waals surface area contributed by atoms with Crippen molar-refractivity contribution in [2.75, 3.05) is 5.73 Å². The second-order valence-electron chi connectivity index (χ2n) is 4.51.